The quantitative estimate of drug-likeness (QED) is 0.680. The Morgan fingerprint density at radius 2 is 1.77 bits per heavy atom. The SMILES string of the molecule is COc1ccc(C2CCCN2C(=O)COc2ccc(N3CCCC3=O)cc2)c(OC)c1. The van der Waals surface area contributed by atoms with Gasteiger partial charge < -0.3 is 24.0 Å². The van der Waals surface area contributed by atoms with Gasteiger partial charge in [-0.3, -0.25) is 9.59 Å². The number of methoxy groups -OCH3 is 2. The molecule has 2 amide bonds. The average molecular weight is 424 g/mol. The van der Waals surface area contributed by atoms with Crippen molar-refractivity contribution in [3.05, 3.63) is 48.0 Å². The first-order chi connectivity index (χ1) is 15.1. The van der Waals surface area contributed by atoms with Gasteiger partial charge in [0.1, 0.15) is 17.2 Å². The first kappa shape index (κ1) is 21.0. The van der Waals surface area contributed by atoms with E-state index in [1.165, 1.54) is 0 Å². The Kier molecular flexibility index (Phi) is 6.30. The van der Waals surface area contributed by atoms with Crippen molar-refractivity contribution in [2.75, 3.05) is 38.8 Å². The number of likely N-dealkylation sites (tertiary alicyclic amines) is 1. The summed E-state index contributed by atoms with van der Waals surface area (Å²) in [6.07, 6.45) is 3.31. The minimum atomic E-state index is -0.0563. The highest BCUT2D eigenvalue weighted by Gasteiger charge is 2.32. The molecular formula is C24H28N2O5. The zero-order valence-corrected chi connectivity index (χ0v) is 18.0. The zero-order chi connectivity index (χ0) is 21.8. The number of nitrogens with zero attached hydrogens (tertiary/aromatic N) is 2. The highest BCUT2D eigenvalue weighted by Crippen LogP contribution is 2.38. The summed E-state index contributed by atoms with van der Waals surface area (Å²) in [5.74, 6) is 2.15. The zero-order valence-electron chi connectivity index (χ0n) is 18.0. The molecule has 0 radical (unpaired) electrons. The third-order valence-corrected chi connectivity index (χ3v) is 5.96. The van der Waals surface area contributed by atoms with Crippen LogP contribution in [0.4, 0.5) is 5.69 Å². The molecular weight excluding hydrogens is 396 g/mol. The van der Waals surface area contributed by atoms with Crippen LogP contribution in [0.2, 0.25) is 0 Å². The molecule has 2 heterocycles. The van der Waals surface area contributed by atoms with Crippen molar-refractivity contribution < 1.29 is 23.8 Å². The first-order valence-corrected chi connectivity index (χ1v) is 10.7. The molecule has 0 aromatic heterocycles. The minimum absolute atomic E-state index is 0.0308. The van der Waals surface area contributed by atoms with Crippen LogP contribution in [0, 0.1) is 0 Å². The summed E-state index contributed by atoms with van der Waals surface area (Å²) in [5.41, 5.74) is 1.85. The number of carbonyl (C=O) groups excluding carboxylic acids is 2. The normalized spacial score (nSPS) is 18.4. The molecule has 7 heteroatoms. The van der Waals surface area contributed by atoms with Gasteiger partial charge in [0.25, 0.3) is 5.91 Å². The van der Waals surface area contributed by atoms with Crippen LogP contribution in [-0.2, 0) is 9.59 Å². The standard InChI is InChI=1S/C24H28N2O5/c1-29-19-11-12-20(22(15-19)30-2)21-5-3-14-26(21)24(28)16-31-18-9-7-17(8-10-18)25-13-4-6-23(25)27/h7-12,15,21H,3-6,13-14,16H2,1-2H3. The fourth-order valence-electron chi connectivity index (χ4n) is 4.35. The second-order valence-corrected chi connectivity index (χ2v) is 7.78. The van der Waals surface area contributed by atoms with Gasteiger partial charge in [-0.15, -0.1) is 0 Å². The van der Waals surface area contributed by atoms with Crippen molar-refractivity contribution in [1.82, 2.24) is 4.90 Å². The van der Waals surface area contributed by atoms with Gasteiger partial charge in [0, 0.05) is 36.8 Å². The van der Waals surface area contributed by atoms with E-state index in [0.717, 1.165) is 48.6 Å². The van der Waals surface area contributed by atoms with E-state index >= 15 is 0 Å². The Labute approximate surface area is 182 Å². The topological polar surface area (TPSA) is 68.3 Å². The van der Waals surface area contributed by atoms with Crippen LogP contribution in [0.5, 0.6) is 17.2 Å². The Balaban J connectivity index is 1.40. The van der Waals surface area contributed by atoms with Crippen LogP contribution in [0.25, 0.3) is 0 Å². The lowest BCUT2D eigenvalue weighted by Gasteiger charge is -2.26. The number of hydrogen-bond donors (Lipinski definition) is 0. The summed E-state index contributed by atoms with van der Waals surface area (Å²) in [6.45, 7) is 1.41. The Morgan fingerprint density at radius 1 is 1.00 bits per heavy atom. The molecule has 2 saturated heterocycles. The van der Waals surface area contributed by atoms with Gasteiger partial charge in [-0.1, -0.05) is 0 Å². The molecule has 2 aromatic carbocycles. The first-order valence-electron chi connectivity index (χ1n) is 10.7. The van der Waals surface area contributed by atoms with Crippen LogP contribution in [0.1, 0.15) is 37.3 Å². The average Bonchev–Trinajstić information content (AvgIpc) is 3.46. The molecule has 2 fully saturated rings. The molecule has 4 rings (SSSR count). The lowest BCUT2D eigenvalue weighted by molar-refractivity contribution is -0.134. The third kappa shape index (κ3) is 4.45. The molecule has 0 bridgehead atoms. The number of benzene rings is 2. The molecule has 2 aliphatic heterocycles. The van der Waals surface area contributed by atoms with E-state index in [1.807, 2.05) is 47.4 Å². The molecule has 0 saturated carbocycles. The number of hydrogen-bond acceptors (Lipinski definition) is 5. The van der Waals surface area contributed by atoms with Crippen molar-refractivity contribution in [1.29, 1.82) is 0 Å². The van der Waals surface area contributed by atoms with Gasteiger partial charge in [0.05, 0.1) is 20.3 Å². The lowest BCUT2D eigenvalue weighted by Crippen LogP contribution is -2.34. The summed E-state index contributed by atoms with van der Waals surface area (Å²) in [4.78, 5) is 28.5. The lowest BCUT2D eigenvalue weighted by atomic mass is 10.0. The summed E-state index contributed by atoms with van der Waals surface area (Å²) in [6, 6.07) is 13.0. The number of ether oxygens (including phenoxy) is 3. The van der Waals surface area contributed by atoms with Gasteiger partial charge in [0.15, 0.2) is 6.61 Å². The summed E-state index contributed by atoms with van der Waals surface area (Å²) >= 11 is 0. The largest absolute Gasteiger partial charge is 0.497 e. The van der Waals surface area contributed by atoms with E-state index in [4.69, 9.17) is 14.2 Å². The Bertz CT molecular complexity index is 943. The van der Waals surface area contributed by atoms with Crippen LogP contribution in [0.3, 0.4) is 0 Å². The molecule has 0 spiro atoms. The van der Waals surface area contributed by atoms with Gasteiger partial charge in [-0.25, -0.2) is 0 Å². The van der Waals surface area contributed by atoms with E-state index in [9.17, 15) is 9.59 Å². The van der Waals surface area contributed by atoms with Gasteiger partial charge >= 0.3 is 0 Å². The second kappa shape index (κ2) is 9.29. The number of rotatable bonds is 7. The fraction of sp³-hybridized carbons (Fsp3) is 0.417. The summed E-state index contributed by atoms with van der Waals surface area (Å²) in [7, 11) is 3.24. The summed E-state index contributed by atoms with van der Waals surface area (Å²) in [5, 5.41) is 0. The predicted octanol–water partition coefficient (Wildman–Crippen LogP) is 3.57. The van der Waals surface area contributed by atoms with Gasteiger partial charge in [0.2, 0.25) is 5.91 Å². The molecule has 7 nitrogen and oxygen atoms in total. The molecule has 2 aromatic rings. The van der Waals surface area contributed by atoms with Crippen LogP contribution >= 0.6 is 0 Å². The number of amides is 2. The Morgan fingerprint density at radius 3 is 2.45 bits per heavy atom. The Hall–Kier alpha value is -3.22. The molecule has 0 N–H and O–H groups in total. The van der Waals surface area contributed by atoms with Crippen molar-refractivity contribution in [2.45, 2.75) is 31.7 Å². The second-order valence-electron chi connectivity index (χ2n) is 7.78. The molecule has 2 aliphatic rings. The highest BCUT2D eigenvalue weighted by atomic mass is 16.5. The molecule has 1 unspecified atom stereocenters. The highest BCUT2D eigenvalue weighted by molar-refractivity contribution is 5.95. The number of anilines is 1. The molecule has 164 valence electrons. The van der Waals surface area contributed by atoms with Crippen LogP contribution in [-0.4, -0.2) is 50.6 Å². The van der Waals surface area contributed by atoms with Crippen LogP contribution < -0.4 is 19.1 Å². The minimum Gasteiger partial charge on any atom is -0.497 e. The predicted molar refractivity (Wildman–Crippen MR) is 117 cm³/mol. The molecule has 1 atom stereocenters. The van der Waals surface area contributed by atoms with E-state index in [0.29, 0.717) is 18.7 Å². The van der Waals surface area contributed by atoms with E-state index in [2.05, 4.69) is 0 Å². The maximum Gasteiger partial charge on any atom is 0.261 e. The van der Waals surface area contributed by atoms with Crippen LogP contribution in [0.15, 0.2) is 42.5 Å². The smallest absolute Gasteiger partial charge is 0.261 e. The van der Waals surface area contributed by atoms with Crippen molar-refractivity contribution in [3.63, 3.8) is 0 Å². The van der Waals surface area contributed by atoms with Crippen molar-refractivity contribution in [3.8, 4) is 17.2 Å². The van der Waals surface area contributed by atoms with Crippen molar-refractivity contribution in [2.24, 2.45) is 0 Å². The van der Waals surface area contributed by atoms with Crippen molar-refractivity contribution >= 4 is 17.5 Å². The van der Waals surface area contributed by atoms with Gasteiger partial charge in [-0.2, -0.15) is 0 Å². The maximum atomic E-state index is 12.9. The monoisotopic (exact) mass is 424 g/mol. The fourth-order valence-corrected chi connectivity index (χ4v) is 4.35. The molecule has 31 heavy (non-hydrogen) atoms. The van der Waals surface area contributed by atoms with Gasteiger partial charge in [-0.05, 0) is 55.7 Å². The van der Waals surface area contributed by atoms with E-state index < -0.39 is 0 Å². The summed E-state index contributed by atoms with van der Waals surface area (Å²) < 4.78 is 16.6. The maximum absolute atomic E-state index is 12.9. The van der Waals surface area contributed by atoms with E-state index in [-0.39, 0.29) is 24.5 Å². The molecule has 0 aliphatic carbocycles. The third-order valence-electron chi connectivity index (χ3n) is 5.96. The number of carbonyl (C=O) groups is 2. The van der Waals surface area contributed by atoms with E-state index in [1.54, 1.807) is 19.1 Å².